The standard InChI is InChI=1S/C25H25ClN4O4S/c26-18-5-4-16(24(31)32)15-17(18)20-6-7-21(34-20)23-22(19-3-1-2-8-27-19)28-25(35)30(23)10-9-29-11-13-33-14-12-29/h1-8,15,22-23H,9-14H2,(H,28,35)(H,31,32)/t22-,23-/m0/s1. The number of halogens is 1. The van der Waals surface area contributed by atoms with E-state index in [1.165, 1.54) is 12.1 Å². The summed E-state index contributed by atoms with van der Waals surface area (Å²) in [7, 11) is 0. The third-order valence-corrected chi connectivity index (χ3v) is 7.04. The van der Waals surface area contributed by atoms with Gasteiger partial charge in [0.1, 0.15) is 17.6 Å². The number of morpholine rings is 1. The van der Waals surface area contributed by atoms with Crippen LogP contribution in [0.3, 0.4) is 0 Å². The van der Waals surface area contributed by atoms with Crippen LogP contribution < -0.4 is 5.32 Å². The third kappa shape index (κ3) is 5.04. The number of hydrogen-bond donors (Lipinski definition) is 2. The van der Waals surface area contributed by atoms with Crippen molar-refractivity contribution in [3.8, 4) is 11.3 Å². The first-order chi connectivity index (χ1) is 17.0. The zero-order chi connectivity index (χ0) is 24.4. The van der Waals surface area contributed by atoms with E-state index in [0.29, 0.717) is 33.8 Å². The smallest absolute Gasteiger partial charge is 0.335 e. The predicted octanol–water partition coefficient (Wildman–Crippen LogP) is 4.00. The number of hydrogen-bond acceptors (Lipinski definition) is 6. The van der Waals surface area contributed by atoms with E-state index in [1.54, 1.807) is 12.3 Å². The molecule has 2 aliphatic rings. The normalized spacial score (nSPS) is 20.7. The molecule has 182 valence electrons. The fourth-order valence-electron chi connectivity index (χ4n) is 4.53. The highest BCUT2D eigenvalue weighted by molar-refractivity contribution is 7.80. The summed E-state index contributed by atoms with van der Waals surface area (Å²) in [6.07, 6.45) is 1.76. The van der Waals surface area contributed by atoms with Gasteiger partial charge in [-0.25, -0.2) is 4.79 Å². The molecule has 2 atom stereocenters. The minimum absolute atomic E-state index is 0.143. The Balaban J connectivity index is 1.47. The number of carboxylic acids is 1. The van der Waals surface area contributed by atoms with Gasteiger partial charge in [0, 0.05) is 37.9 Å². The molecule has 0 saturated carbocycles. The summed E-state index contributed by atoms with van der Waals surface area (Å²) in [6.45, 7) is 4.82. The van der Waals surface area contributed by atoms with Crippen molar-refractivity contribution in [2.75, 3.05) is 39.4 Å². The van der Waals surface area contributed by atoms with E-state index in [2.05, 4.69) is 20.1 Å². The van der Waals surface area contributed by atoms with Crippen LogP contribution in [0.4, 0.5) is 0 Å². The fraction of sp³-hybridized carbons (Fsp3) is 0.320. The lowest BCUT2D eigenvalue weighted by Crippen LogP contribution is -2.42. The Bertz CT molecular complexity index is 1220. The monoisotopic (exact) mass is 512 g/mol. The van der Waals surface area contributed by atoms with Crippen LogP contribution in [0.5, 0.6) is 0 Å². The van der Waals surface area contributed by atoms with E-state index in [1.807, 2.05) is 30.3 Å². The molecule has 5 rings (SSSR count). The van der Waals surface area contributed by atoms with Crippen molar-refractivity contribution in [2.45, 2.75) is 12.1 Å². The first kappa shape index (κ1) is 23.7. The molecule has 2 saturated heterocycles. The van der Waals surface area contributed by atoms with Gasteiger partial charge in [0.15, 0.2) is 5.11 Å². The fourth-order valence-corrected chi connectivity index (χ4v) is 5.08. The maximum atomic E-state index is 11.5. The van der Waals surface area contributed by atoms with Gasteiger partial charge < -0.3 is 24.5 Å². The van der Waals surface area contributed by atoms with Gasteiger partial charge in [0.05, 0.1) is 35.5 Å². The van der Waals surface area contributed by atoms with Crippen molar-refractivity contribution >= 4 is 34.9 Å². The van der Waals surface area contributed by atoms with Gasteiger partial charge in [-0.05, 0) is 54.7 Å². The number of rotatable bonds is 7. The van der Waals surface area contributed by atoms with E-state index in [4.69, 9.17) is 33.0 Å². The van der Waals surface area contributed by atoms with Crippen molar-refractivity contribution in [1.29, 1.82) is 0 Å². The minimum Gasteiger partial charge on any atom is -0.478 e. The number of ether oxygens (including phenoxy) is 1. The second-order valence-electron chi connectivity index (χ2n) is 8.48. The molecule has 1 aromatic carbocycles. The summed E-state index contributed by atoms with van der Waals surface area (Å²) in [5.41, 5.74) is 1.53. The average molecular weight is 513 g/mol. The Morgan fingerprint density at radius 3 is 2.74 bits per heavy atom. The molecule has 0 amide bonds. The molecule has 0 bridgehead atoms. The average Bonchev–Trinajstić information content (AvgIpc) is 3.48. The van der Waals surface area contributed by atoms with Crippen LogP contribution in [0.25, 0.3) is 11.3 Å². The maximum absolute atomic E-state index is 11.5. The van der Waals surface area contributed by atoms with Crippen LogP contribution in [-0.2, 0) is 4.74 Å². The molecule has 2 aromatic heterocycles. The number of aromatic carboxylic acids is 1. The second kappa shape index (κ2) is 10.3. The van der Waals surface area contributed by atoms with Crippen molar-refractivity contribution in [3.05, 3.63) is 76.8 Å². The van der Waals surface area contributed by atoms with Crippen LogP contribution in [0.1, 0.15) is 33.9 Å². The van der Waals surface area contributed by atoms with Crippen molar-refractivity contribution in [3.63, 3.8) is 0 Å². The molecule has 2 fully saturated rings. The Hall–Kier alpha value is -2.98. The Morgan fingerprint density at radius 1 is 1.17 bits per heavy atom. The molecule has 10 heteroatoms. The molecular formula is C25H25ClN4O4S. The zero-order valence-electron chi connectivity index (χ0n) is 18.9. The summed E-state index contributed by atoms with van der Waals surface area (Å²) >= 11 is 12.1. The molecule has 2 aliphatic heterocycles. The first-order valence-electron chi connectivity index (χ1n) is 11.4. The lowest BCUT2D eigenvalue weighted by molar-refractivity contribution is 0.0347. The number of nitrogens with zero attached hydrogens (tertiary/aromatic N) is 3. The van der Waals surface area contributed by atoms with Gasteiger partial charge >= 0.3 is 5.97 Å². The van der Waals surface area contributed by atoms with Gasteiger partial charge in [0.2, 0.25) is 0 Å². The highest BCUT2D eigenvalue weighted by atomic mass is 35.5. The van der Waals surface area contributed by atoms with E-state index in [0.717, 1.165) is 38.5 Å². The van der Waals surface area contributed by atoms with Crippen LogP contribution >= 0.6 is 23.8 Å². The number of benzene rings is 1. The number of nitrogens with one attached hydrogen (secondary N) is 1. The summed E-state index contributed by atoms with van der Waals surface area (Å²) in [4.78, 5) is 20.5. The summed E-state index contributed by atoms with van der Waals surface area (Å²) in [5.74, 6) is 0.171. The zero-order valence-corrected chi connectivity index (χ0v) is 20.5. The lowest BCUT2D eigenvalue weighted by atomic mass is 10.0. The molecule has 2 N–H and O–H groups in total. The highest BCUT2D eigenvalue weighted by Gasteiger charge is 2.41. The number of thiocarbonyl (C=S) groups is 1. The number of furan rings is 1. The Labute approximate surface area is 213 Å². The molecule has 4 heterocycles. The van der Waals surface area contributed by atoms with Gasteiger partial charge in [0.25, 0.3) is 0 Å². The van der Waals surface area contributed by atoms with E-state index in [9.17, 15) is 9.90 Å². The van der Waals surface area contributed by atoms with E-state index < -0.39 is 5.97 Å². The number of carboxylic acid groups (broad SMARTS) is 1. The molecular weight excluding hydrogens is 488 g/mol. The first-order valence-corrected chi connectivity index (χ1v) is 12.2. The van der Waals surface area contributed by atoms with E-state index >= 15 is 0 Å². The molecule has 35 heavy (non-hydrogen) atoms. The predicted molar refractivity (Wildman–Crippen MR) is 136 cm³/mol. The van der Waals surface area contributed by atoms with Crippen LogP contribution in [0.2, 0.25) is 5.02 Å². The molecule has 8 nitrogen and oxygen atoms in total. The van der Waals surface area contributed by atoms with Crippen LogP contribution in [-0.4, -0.2) is 70.4 Å². The lowest BCUT2D eigenvalue weighted by Gasteiger charge is -2.31. The van der Waals surface area contributed by atoms with Crippen LogP contribution in [0, 0.1) is 0 Å². The largest absolute Gasteiger partial charge is 0.478 e. The summed E-state index contributed by atoms with van der Waals surface area (Å²) in [5, 5.41) is 13.9. The SMILES string of the molecule is O=C(O)c1ccc(Cl)c(-c2ccc([C@H]3[C@H](c4ccccn4)NC(=S)N3CCN3CCOCC3)o2)c1. The van der Waals surface area contributed by atoms with Gasteiger partial charge in [-0.3, -0.25) is 9.88 Å². The highest BCUT2D eigenvalue weighted by Crippen LogP contribution is 2.41. The Morgan fingerprint density at radius 2 is 2.00 bits per heavy atom. The van der Waals surface area contributed by atoms with Crippen LogP contribution in [0.15, 0.2) is 59.1 Å². The Kier molecular flexibility index (Phi) is 7.01. The molecule has 0 unspecified atom stereocenters. The second-order valence-corrected chi connectivity index (χ2v) is 9.27. The minimum atomic E-state index is -1.02. The number of pyridine rings is 1. The molecule has 0 spiro atoms. The van der Waals surface area contributed by atoms with Crippen molar-refractivity contribution in [2.24, 2.45) is 0 Å². The number of carbonyl (C=O) groups is 1. The summed E-state index contributed by atoms with van der Waals surface area (Å²) < 4.78 is 11.8. The van der Waals surface area contributed by atoms with E-state index in [-0.39, 0.29) is 17.6 Å². The van der Waals surface area contributed by atoms with Gasteiger partial charge in [-0.1, -0.05) is 17.7 Å². The van der Waals surface area contributed by atoms with Gasteiger partial charge in [-0.15, -0.1) is 0 Å². The third-order valence-electron chi connectivity index (χ3n) is 6.36. The quantitative estimate of drug-likeness (QED) is 0.456. The van der Waals surface area contributed by atoms with Crippen molar-refractivity contribution in [1.82, 2.24) is 20.1 Å². The van der Waals surface area contributed by atoms with Crippen molar-refractivity contribution < 1.29 is 19.1 Å². The maximum Gasteiger partial charge on any atom is 0.335 e. The molecule has 3 aromatic rings. The topological polar surface area (TPSA) is 91.1 Å². The summed E-state index contributed by atoms with van der Waals surface area (Å²) in [6, 6.07) is 13.7. The molecule has 0 radical (unpaired) electrons. The number of aromatic nitrogens is 1. The van der Waals surface area contributed by atoms with Gasteiger partial charge in [-0.2, -0.15) is 0 Å². The molecule has 0 aliphatic carbocycles.